The molecule has 9 nitrogen and oxygen atoms in total. The van der Waals surface area contributed by atoms with Gasteiger partial charge >= 0.3 is 6.08 Å². The standard InChI is InChI=1S/C26H38FN5O4/c1-3-5-6-7-8-9-10-11-12-13-14-15-20(35)29-23-22-24(31-25(27)30-23)32(18-28-22)21-16-19(34)26(4-2,17-33)36-21/h2,18-19,21,33-34H,3,5-17H2,1H3,(H,29,30,31,35)/t19-,21+,26+/m0/s1. The molecule has 0 aliphatic carbocycles. The molecule has 3 heterocycles. The van der Waals surface area contributed by atoms with Gasteiger partial charge in [-0.15, -0.1) is 6.42 Å². The van der Waals surface area contributed by atoms with E-state index in [9.17, 15) is 19.4 Å². The molecule has 2 aromatic rings. The lowest BCUT2D eigenvalue weighted by molar-refractivity contribution is -0.116. The van der Waals surface area contributed by atoms with Gasteiger partial charge in [0.05, 0.1) is 12.9 Å². The van der Waals surface area contributed by atoms with Crippen molar-refractivity contribution in [3.63, 3.8) is 0 Å². The zero-order valence-corrected chi connectivity index (χ0v) is 21.1. The lowest BCUT2D eigenvalue weighted by Crippen LogP contribution is -2.41. The number of aliphatic hydroxyl groups excluding tert-OH is 2. The van der Waals surface area contributed by atoms with Crippen LogP contribution in [0.5, 0.6) is 0 Å². The first kappa shape index (κ1) is 28.0. The largest absolute Gasteiger partial charge is 0.392 e. The maximum Gasteiger partial charge on any atom is 0.312 e. The number of fused-ring (bicyclic) bond motifs is 1. The molecule has 1 saturated heterocycles. The number of aliphatic hydroxyl groups is 2. The number of carbonyl (C=O) groups excluding carboxylic acids is 1. The number of rotatable bonds is 15. The number of nitrogens with one attached hydrogen (secondary N) is 1. The Morgan fingerprint density at radius 3 is 2.42 bits per heavy atom. The van der Waals surface area contributed by atoms with Crippen molar-refractivity contribution in [3.8, 4) is 12.3 Å². The van der Waals surface area contributed by atoms with Crippen LogP contribution in [-0.4, -0.2) is 54.0 Å². The Kier molecular flexibility index (Phi) is 10.6. The average Bonchev–Trinajstić information content (AvgIpc) is 3.43. The molecule has 0 unspecified atom stereocenters. The fourth-order valence-corrected chi connectivity index (χ4v) is 4.57. The molecular weight excluding hydrogens is 465 g/mol. The summed E-state index contributed by atoms with van der Waals surface area (Å²) in [5, 5.41) is 22.5. The number of nitrogens with zero attached hydrogens (tertiary/aromatic N) is 4. The number of imidazole rings is 1. The SMILES string of the molecule is C#C[C@]1(CO)O[C@@H](n2cnc3c(NC(=O)CCCCCCCCCCCCC)nc(F)nc32)C[C@@H]1O. The number of terminal acetylenes is 1. The smallest absolute Gasteiger partial charge is 0.312 e. The highest BCUT2D eigenvalue weighted by Crippen LogP contribution is 2.37. The van der Waals surface area contributed by atoms with Gasteiger partial charge in [-0.25, -0.2) is 4.98 Å². The van der Waals surface area contributed by atoms with E-state index >= 15 is 0 Å². The second kappa shape index (κ2) is 13.6. The van der Waals surface area contributed by atoms with E-state index in [0.717, 1.165) is 19.3 Å². The summed E-state index contributed by atoms with van der Waals surface area (Å²) in [6.45, 7) is 1.65. The number of halogens is 1. The summed E-state index contributed by atoms with van der Waals surface area (Å²) in [5.74, 6) is 2.01. The number of unbranched alkanes of at least 4 members (excludes halogenated alkanes) is 10. The van der Waals surface area contributed by atoms with Gasteiger partial charge in [-0.3, -0.25) is 9.36 Å². The van der Waals surface area contributed by atoms with Gasteiger partial charge in [0.1, 0.15) is 12.3 Å². The van der Waals surface area contributed by atoms with Crippen molar-refractivity contribution in [1.82, 2.24) is 19.5 Å². The fraction of sp³-hybridized carbons (Fsp3) is 0.692. The summed E-state index contributed by atoms with van der Waals surface area (Å²) in [7, 11) is 0. The third-order valence-corrected chi connectivity index (χ3v) is 6.76. The van der Waals surface area contributed by atoms with Crippen molar-refractivity contribution in [2.45, 2.75) is 108 Å². The number of amides is 1. The molecule has 36 heavy (non-hydrogen) atoms. The van der Waals surface area contributed by atoms with E-state index in [1.165, 1.54) is 62.3 Å². The molecule has 0 spiro atoms. The highest BCUT2D eigenvalue weighted by atomic mass is 19.1. The van der Waals surface area contributed by atoms with Crippen molar-refractivity contribution in [3.05, 3.63) is 12.4 Å². The Labute approximate surface area is 211 Å². The van der Waals surface area contributed by atoms with Gasteiger partial charge in [-0.2, -0.15) is 14.4 Å². The van der Waals surface area contributed by atoms with Crippen molar-refractivity contribution in [1.29, 1.82) is 0 Å². The molecule has 10 heteroatoms. The first-order chi connectivity index (χ1) is 17.4. The van der Waals surface area contributed by atoms with E-state index in [2.05, 4.69) is 33.1 Å². The van der Waals surface area contributed by atoms with Crippen LogP contribution in [0.2, 0.25) is 0 Å². The molecular formula is C26H38FN5O4. The van der Waals surface area contributed by atoms with Crippen LogP contribution >= 0.6 is 0 Å². The minimum Gasteiger partial charge on any atom is -0.392 e. The Balaban J connectivity index is 1.49. The quantitative estimate of drug-likeness (QED) is 0.189. The second-order valence-corrected chi connectivity index (χ2v) is 9.51. The minimum absolute atomic E-state index is 0.0201. The van der Waals surface area contributed by atoms with Crippen LogP contribution in [0.4, 0.5) is 10.2 Å². The molecule has 3 N–H and O–H groups in total. The number of hydrogen-bond donors (Lipinski definition) is 3. The average molecular weight is 504 g/mol. The van der Waals surface area contributed by atoms with Crippen molar-refractivity contribution >= 4 is 22.9 Å². The van der Waals surface area contributed by atoms with Crippen molar-refractivity contribution in [2.24, 2.45) is 0 Å². The van der Waals surface area contributed by atoms with E-state index < -0.39 is 30.6 Å². The summed E-state index contributed by atoms with van der Waals surface area (Å²) in [6, 6.07) is 0. The van der Waals surface area contributed by atoms with Crippen molar-refractivity contribution < 1.29 is 24.1 Å². The highest BCUT2D eigenvalue weighted by molar-refractivity contribution is 5.96. The minimum atomic E-state index is -1.56. The molecule has 1 amide bonds. The van der Waals surface area contributed by atoms with Crippen LogP contribution in [0.1, 0.15) is 96.6 Å². The van der Waals surface area contributed by atoms with Gasteiger partial charge < -0.3 is 20.3 Å². The Morgan fingerprint density at radius 2 is 1.83 bits per heavy atom. The van der Waals surface area contributed by atoms with E-state index in [1.807, 2.05) is 0 Å². The predicted molar refractivity (Wildman–Crippen MR) is 134 cm³/mol. The third-order valence-electron chi connectivity index (χ3n) is 6.76. The van der Waals surface area contributed by atoms with Gasteiger partial charge in [0.15, 0.2) is 22.6 Å². The number of ether oxygens (including phenoxy) is 1. The first-order valence-electron chi connectivity index (χ1n) is 13.1. The summed E-state index contributed by atoms with van der Waals surface area (Å²) in [6.07, 6.45) is 17.3. The highest BCUT2D eigenvalue weighted by Gasteiger charge is 2.47. The zero-order valence-electron chi connectivity index (χ0n) is 21.1. The van der Waals surface area contributed by atoms with Crippen molar-refractivity contribution in [2.75, 3.05) is 11.9 Å². The Bertz CT molecular complexity index is 1040. The molecule has 1 fully saturated rings. The third kappa shape index (κ3) is 6.99. The normalized spacial score (nSPS) is 21.6. The molecule has 1 aliphatic heterocycles. The van der Waals surface area contributed by atoms with Crippen LogP contribution in [0.3, 0.4) is 0 Å². The lowest BCUT2D eigenvalue weighted by Gasteiger charge is -2.23. The summed E-state index contributed by atoms with van der Waals surface area (Å²) >= 11 is 0. The maximum atomic E-state index is 14.2. The topological polar surface area (TPSA) is 122 Å². The van der Waals surface area contributed by atoms with Gasteiger partial charge in [0, 0.05) is 12.8 Å². The zero-order chi connectivity index (χ0) is 26.0. The molecule has 1 aliphatic rings. The molecule has 0 radical (unpaired) electrons. The molecule has 0 aromatic carbocycles. The van der Waals surface area contributed by atoms with Crippen LogP contribution < -0.4 is 5.32 Å². The van der Waals surface area contributed by atoms with E-state index in [-0.39, 0.29) is 29.3 Å². The lowest BCUT2D eigenvalue weighted by atomic mass is 9.99. The maximum absolute atomic E-state index is 14.2. The van der Waals surface area contributed by atoms with Crippen LogP contribution in [0.15, 0.2) is 6.33 Å². The van der Waals surface area contributed by atoms with E-state index in [4.69, 9.17) is 11.2 Å². The van der Waals surface area contributed by atoms with Gasteiger partial charge in [0.2, 0.25) is 5.91 Å². The number of anilines is 1. The summed E-state index contributed by atoms with van der Waals surface area (Å²) < 4.78 is 21.3. The Morgan fingerprint density at radius 1 is 1.19 bits per heavy atom. The number of carbonyl (C=O) groups is 1. The number of hydrogen-bond acceptors (Lipinski definition) is 7. The van der Waals surface area contributed by atoms with Gasteiger partial charge in [-0.05, 0) is 6.42 Å². The molecule has 3 rings (SSSR count). The summed E-state index contributed by atoms with van der Waals surface area (Å²) in [4.78, 5) is 24.2. The summed E-state index contributed by atoms with van der Waals surface area (Å²) in [5.41, 5.74) is -1.27. The molecule has 0 saturated carbocycles. The Hall–Kier alpha value is -2.61. The number of aromatic nitrogens is 4. The van der Waals surface area contributed by atoms with Gasteiger partial charge in [-0.1, -0.05) is 77.1 Å². The van der Waals surface area contributed by atoms with E-state index in [1.54, 1.807) is 0 Å². The van der Waals surface area contributed by atoms with Crippen LogP contribution in [0.25, 0.3) is 11.2 Å². The molecule has 2 aromatic heterocycles. The van der Waals surface area contributed by atoms with Crippen LogP contribution in [-0.2, 0) is 9.53 Å². The molecule has 198 valence electrons. The molecule has 0 bridgehead atoms. The van der Waals surface area contributed by atoms with Crippen LogP contribution in [0, 0.1) is 18.4 Å². The predicted octanol–water partition coefficient (Wildman–Crippen LogP) is 4.25. The first-order valence-corrected chi connectivity index (χ1v) is 13.1. The molecule has 3 atom stereocenters. The fourth-order valence-electron chi connectivity index (χ4n) is 4.57. The van der Waals surface area contributed by atoms with E-state index in [0.29, 0.717) is 6.42 Å². The van der Waals surface area contributed by atoms with Gasteiger partial charge in [0.25, 0.3) is 0 Å². The monoisotopic (exact) mass is 503 g/mol. The second-order valence-electron chi connectivity index (χ2n) is 9.51.